The van der Waals surface area contributed by atoms with Crippen LogP contribution in [0.1, 0.15) is 35.7 Å². The lowest BCUT2D eigenvalue weighted by Crippen LogP contribution is -3.06. The number of rotatable bonds is 5. The summed E-state index contributed by atoms with van der Waals surface area (Å²) in [4.78, 5) is 13.5. The zero-order valence-corrected chi connectivity index (χ0v) is 18.3. The number of hydrogen-bond donors (Lipinski definition) is 2. The van der Waals surface area contributed by atoms with Gasteiger partial charge in [-0.2, -0.15) is 15.1 Å². The summed E-state index contributed by atoms with van der Waals surface area (Å²) >= 11 is 1.71. The van der Waals surface area contributed by atoms with Crippen molar-refractivity contribution in [1.29, 1.82) is 0 Å². The Morgan fingerprint density at radius 2 is 2.07 bits per heavy atom. The van der Waals surface area contributed by atoms with Crippen molar-refractivity contribution < 1.29 is 9.64 Å². The van der Waals surface area contributed by atoms with E-state index in [2.05, 4.69) is 38.4 Å². The van der Waals surface area contributed by atoms with E-state index in [0.29, 0.717) is 12.6 Å². The molecule has 0 amide bonds. The Hall–Kier alpha value is -2.03. The largest absolute Gasteiger partial charge is 0.370 e. The van der Waals surface area contributed by atoms with Gasteiger partial charge in [0.15, 0.2) is 0 Å². The number of anilines is 1. The summed E-state index contributed by atoms with van der Waals surface area (Å²) in [5.74, 6) is 1.53. The predicted octanol–water partition coefficient (Wildman–Crippen LogP) is 1.90. The van der Waals surface area contributed by atoms with Crippen LogP contribution in [0.2, 0.25) is 0 Å². The molecule has 4 rings (SSSR count). The molecule has 1 aliphatic rings. The van der Waals surface area contributed by atoms with Crippen molar-refractivity contribution in [3.63, 3.8) is 0 Å². The van der Waals surface area contributed by atoms with Gasteiger partial charge in [-0.05, 0) is 39.3 Å². The number of ether oxygens (including phenoxy) is 1. The Morgan fingerprint density at radius 3 is 2.75 bits per heavy atom. The number of likely N-dealkylation sites (N-methyl/N-ethyl adjacent to an activating group) is 1. The van der Waals surface area contributed by atoms with Crippen molar-refractivity contribution in [2.24, 2.45) is 0 Å². The number of hydrogen-bond acceptors (Lipinski definition) is 6. The van der Waals surface area contributed by atoms with Crippen LogP contribution in [0.25, 0.3) is 16.2 Å². The fourth-order valence-electron chi connectivity index (χ4n) is 3.62. The van der Waals surface area contributed by atoms with Crippen molar-refractivity contribution >= 4 is 27.4 Å². The number of aromatic nitrogens is 4. The van der Waals surface area contributed by atoms with Crippen LogP contribution in [0.5, 0.6) is 0 Å². The fourth-order valence-corrected chi connectivity index (χ4v) is 4.72. The Kier molecular flexibility index (Phi) is 4.89. The van der Waals surface area contributed by atoms with Gasteiger partial charge in [-0.3, -0.25) is 0 Å². The summed E-state index contributed by atoms with van der Waals surface area (Å²) in [6.07, 6.45) is 0.874. The smallest absolute Gasteiger partial charge is 0.254 e. The highest BCUT2D eigenvalue weighted by molar-refractivity contribution is 7.19. The Balaban J connectivity index is 1.85. The van der Waals surface area contributed by atoms with Gasteiger partial charge in [0.05, 0.1) is 50.5 Å². The molecule has 0 aliphatic carbocycles. The molecule has 0 unspecified atom stereocenters. The van der Waals surface area contributed by atoms with E-state index in [1.807, 2.05) is 24.6 Å². The van der Waals surface area contributed by atoms with Gasteiger partial charge in [-0.1, -0.05) is 0 Å². The molecular formula is C20H29N6OS+. The molecule has 0 fully saturated rings. The third kappa shape index (κ3) is 3.64. The molecule has 150 valence electrons. The molecule has 0 atom stereocenters. The summed E-state index contributed by atoms with van der Waals surface area (Å²) in [6, 6.07) is 2.05. The normalized spacial score (nSPS) is 16.0. The second-order valence-corrected chi connectivity index (χ2v) is 9.59. The van der Waals surface area contributed by atoms with Gasteiger partial charge in [-0.15, -0.1) is 11.3 Å². The van der Waals surface area contributed by atoms with E-state index in [-0.39, 0.29) is 5.60 Å². The van der Waals surface area contributed by atoms with E-state index in [1.54, 1.807) is 11.3 Å². The number of aryl methyl sites for hydroxylation is 2. The molecule has 7 nitrogen and oxygen atoms in total. The highest BCUT2D eigenvalue weighted by atomic mass is 32.1. The van der Waals surface area contributed by atoms with E-state index in [1.165, 1.54) is 15.3 Å². The molecule has 3 aromatic heterocycles. The summed E-state index contributed by atoms with van der Waals surface area (Å²) in [5.41, 5.74) is 3.16. The Morgan fingerprint density at radius 1 is 1.29 bits per heavy atom. The molecule has 0 saturated carbocycles. The molecule has 28 heavy (non-hydrogen) atoms. The molecule has 3 aromatic rings. The number of nitrogens with one attached hydrogen (secondary N) is 2. The van der Waals surface area contributed by atoms with Gasteiger partial charge in [0.25, 0.3) is 5.95 Å². The van der Waals surface area contributed by atoms with Gasteiger partial charge in [0.2, 0.25) is 0 Å². The average Bonchev–Trinajstić information content (AvgIpc) is 3.12. The average molecular weight is 402 g/mol. The molecule has 0 bridgehead atoms. The zero-order valence-electron chi connectivity index (χ0n) is 17.5. The second kappa shape index (κ2) is 7.09. The number of nitrogens with zero attached hydrogens (tertiary/aromatic N) is 4. The molecule has 0 radical (unpaired) electrons. The van der Waals surface area contributed by atoms with E-state index in [0.717, 1.165) is 46.9 Å². The SMILES string of the molecule is Cc1cc(C)n(-c2nc(NCC[NH+](C)C)c3c4c(sc3n2)COC(C)(C)C4)n1. The lowest BCUT2D eigenvalue weighted by Gasteiger charge is -2.30. The van der Waals surface area contributed by atoms with Crippen LogP contribution in [0, 0.1) is 13.8 Å². The lowest BCUT2D eigenvalue weighted by atomic mass is 9.94. The third-order valence-electron chi connectivity index (χ3n) is 5.04. The van der Waals surface area contributed by atoms with E-state index < -0.39 is 0 Å². The molecule has 0 aromatic carbocycles. The first-order valence-corrected chi connectivity index (χ1v) is 10.6. The van der Waals surface area contributed by atoms with Crippen LogP contribution in [-0.4, -0.2) is 52.5 Å². The van der Waals surface area contributed by atoms with Crippen LogP contribution in [0.15, 0.2) is 6.07 Å². The van der Waals surface area contributed by atoms with E-state index >= 15 is 0 Å². The molecule has 4 heterocycles. The standard InChI is InChI=1S/C20H28N6OS/c1-12-9-13(2)26(24-12)19-22-17(21-7-8-25(5)6)16-14-10-20(3,4)27-11-15(14)28-18(16)23-19/h9H,7-8,10-11H2,1-6H3,(H,21,22,23)/p+1. The maximum atomic E-state index is 6.03. The summed E-state index contributed by atoms with van der Waals surface area (Å²) in [6.45, 7) is 10.8. The topological polar surface area (TPSA) is 69.3 Å². The van der Waals surface area contributed by atoms with Gasteiger partial charge < -0.3 is 15.0 Å². The van der Waals surface area contributed by atoms with Crippen molar-refractivity contribution in [3.05, 3.63) is 27.9 Å². The van der Waals surface area contributed by atoms with Crippen LogP contribution in [0.4, 0.5) is 5.82 Å². The van der Waals surface area contributed by atoms with Crippen molar-refractivity contribution in [1.82, 2.24) is 19.7 Å². The predicted molar refractivity (Wildman–Crippen MR) is 113 cm³/mol. The summed E-state index contributed by atoms with van der Waals surface area (Å²) < 4.78 is 7.86. The monoisotopic (exact) mass is 401 g/mol. The van der Waals surface area contributed by atoms with Gasteiger partial charge in [0.1, 0.15) is 10.6 Å². The number of thiophene rings is 1. The van der Waals surface area contributed by atoms with Crippen LogP contribution < -0.4 is 10.2 Å². The molecule has 0 spiro atoms. The van der Waals surface area contributed by atoms with Crippen molar-refractivity contribution in [2.45, 2.75) is 46.3 Å². The quantitative estimate of drug-likeness (QED) is 0.683. The zero-order chi connectivity index (χ0) is 20.1. The van der Waals surface area contributed by atoms with Crippen molar-refractivity contribution in [3.8, 4) is 5.95 Å². The molecular weight excluding hydrogens is 372 g/mol. The number of quaternary nitrogens is 1. The Bertz CT molecular complexity index is 1020. The third-order valence-corrected chi connectivity index (χ3v) is 6.13. The molecule has 2 N–H and O–H groups in total. The molecule has 1 aliphatic heterocycles. The Labute approximate surface area is 169 Å². The van der Waals surface area contributed by atoms with Crippen molar-refractivity contribution in [2.75, 3.05) is 32.5 Å². The summed E-state index contributed by atoms with van der Waals surface area (Å²) in [7, 11) is 4.32. The first-order valence-electron chi connectivity index (χ1n) is 9.76. The van der Waals surface area contributed by atoms with Crippen LogP contribution >= 0.6 is 11.3 Å². The maximum absolute atomic E-state index is 6.03. The highest BCUT2D eigenvalue weighted by Crippen LogP contribution is 2.41. The van der Waals surface area contributed by atoms with Gasteiger partial charge in [0, 0.05) is 17.0 Å². The van der Waals surface area contributed by atoms with E-state index in [4.69, 9.17) is 14.7 Å². The minimum atomic E-state index is -0.166. The minimum Gasteiger partial charge on any atom is -0.370 e. The minimum absolute atomic E-state index is 0.166. The van der Waals surface area contributed by atoms with Crippen LogP contribution in [-0.2, 0) is 17.8 Å². The maximum Gasteiger partial charge on any atom is 0.254 e. The highest BCUT2D eigenvalue weighted by Gasteiger charge is 2.31. The summed E-state index contributed by atoms with van der Waals surface area (Å²) in [5, 5.41) is 9.30. The van der Waals surface area contributed by atoms with Crippen LogP contribution in [0.3, 0.4) is 0 Å². The fraction of sp³-hybridized carbons (Fsp3) is 0.550. The van der Waals surface area contributed by atoms with E-state index in [9.17, 15) is 0 Å². The second-order valence-electron chi connectivity index (χ2n) is 8.50. The first kappa shape index (κ1) is 19.3. The molecule has 8 heteroatoms. The molecule has 0 saturated heterocycles. The van der Waals surface area contributed by atoms with Gasteiger partial charge in [-0.25, -0.2) is 4.68 Å². The number of fused-ring (bicyclic) bond motifs is 3. The lowest BCUT2D eigenvalue weighted by molar-refractivity contribution is -0.856. The van der Waals surface area contributed by atoms with Gasteiger partial charge >= 0.3 is 0 Å². The first-order chi connectivity index (χ1) is 13.2.